The summed E-state index contributed by atoms with van der Waals surface area (Å²) in [6.45, 7) is 0.975. The quantitative estimate of drug-likeness (QED) is 0.379. The first kappa shape index (κ1) is 21.7. The first-order valence-corrected chi connectivity index (χ1v) is 9.37. The molecule has 5 N–H and O–H groups in total. The summed E-state index contributed by atoms with van der Waals surface area (Å²) < 4.78 is 13.5. The van der Waals surface area contributed by atoms with Gasteiger partial charge in [0, 0.05) is 13.1 Å². The van der Waals surface area contributed by atoms with E-state index in [0.29, 0.717) is 13.1 Å². The second kappa shape index (κ2) is 10.7. The van der Waals surface area contributed by atoms with Gasteiger partial charge in [0.25, 0.3) is 5.91 Å². The molecule has 8 heteroatoms. The molecule has 152 valence electrons. The number of rotatable bonds is 9. The third-order valence-corrected chi connectivity index (χ3v) is 4.99. The van der Waals surface area contributed by atoms with Crippen molar-refractivity contribution in [3.05, 3.63) is 35.6 Å². The summed E-state index contributed by atoms with van der Waals surface area (Å²) in [6.07, 6.45) is -0.150. The Hall–Kier alpha value is -1.58. The lowest BCUT2D eigenvalue weighted by Gasteiger charge is -2.43. The first-order chi connectivity index (χ1) is 13.0. The molecular weight excluding hydrogens is 355 g/mol. The van der Waals surface area contributed by atoms with Gasteiger partial charge in [-0.2, -0.15) is 0 Å². The summed E-state index contributed by atoms with van der Waals surface area (Å²) in [5.74, 6) is -0.960. The SMILES string of the molecule is O=C(NCCCCCCN1C[C@H](O)[C@@H](O)[C@H](O)[C@H]1CO)c1ccccc1F. The minimum Gasteiger partial charge on any atom is -0.395 e. The molecule has 7 nitrogen and oxygen atoms in total. The van der Waals surface area contributed by atoms with E-state index in [4.69, 9.17) is 0 Å². The molecule has 0 aliphatic carbocycles. The lowest BCUT2D eigenvalue weighted by atomic mass is 9.94. The molecule has 0 spiro atoms. The Morgan fingerprint density at radius 3 is 2.52 bits per heavy atom. The van der Waals surface area contributed by atoms with Crippen molar-refractivity contribution in [3.63, 3.8) is 0 Å². The number of amides is 1. The molecule has 0 bridgehead atoms. The maximum Gasteiger partial charge on any atom is 0.254 e. The number of unbranched alkanes of at least 4 members (excludes halogenated alkanes) is 3. The zero-order chi connectivity index (χ0) is 19.8. The van der Waals surface area contributed by atoms with E-state index in [1.54, 1.807) is 11.0 Å². The largest absolute Gasteiger partial charge is 0.395 e. The van der Waals surface area contributed by atoms with Crippen molar-refractivity contribution in [1.29, 1.82) is 0 Å². The van der Waals surface area contributed by atoms with Gasteiger partial charge in [0.1, 0.15) is 18.0 Å². The predicted octanol–water partition coefficient (Wildman–Crippen LogP) is -0.125. The number of nitrogens with one attached hydrogen (secondary N) is 1. The molecule has 2 rings (SSSR count). The van der Waals surface area contributed by atoms with Gasteiger partial charge in [-0.1, -0.05) is 25.0 Å². The van der Waals surface area contributed by atoms with Crippen LogP contribution in [0.4, 0.5) is 4.39 Å². The molecule has 1 heterocycles. The number of benzene rings is 1. The van der Waals surface area contributed by atoms with Crippen molar-refractivity contribution < 1.29 is 29.6 Å². The highest BCUT2D eigenvalue weighted by Crippen LogP contribution is 2.19. The monoisotopic (exact) mass is 384 g/mol. The average molecular weight is 384 g/mol. The maximum absolute atomic E-state index is 13.5. The number of piperidine rings is 1. The van der Waals surface area contributed by atoms with Gasteiger partial charge >= 0.3 is 0 Å². The fourth-order valence-electron chi connectivity index (χ4n) is 3.37. The Labute approximate surface area is 158 Å². The van der Waals surface area contributed by atoms with Gasteiger partial charge < -0.3 is 25.7 Å². The van der Waals surface area contributed by atoms with Gasteiger partial charge in [0.15, 0.2) is 0 Å². The zero-order valence-corrected chi connectivity index (χ0v) is 15.3. The summed E-state index contributed by atoms with van der Waals surface area (Å²) in [7, 11) is 0. The van der Waals surface area contributed by atoms with Crippen molar-refractivity contribution in [2.75, 3.05) is 26.2 Å². The molecule has 1 aliphatic heterocycles. The number of likely N-dealkylation sites (tertiary alicyclic amines) is 1. The van der Waals surface area contributed by atoms with Crippen molar-refractivity contribution >= 4 is 5.91 Å². The third kappa shape index (κ3) is 5.95. The smallest absolute Gasteiger partial charge is 0.254 e. The van der Waals surface area contributed by atoms with Crippen molar-refractivity contribution in [2.45, 2.75) is 50.0 Å². The van der Waals surface area contributed by atoms with Crippen LogP contribution < -0.4 is 5.32 Å². The van der Waals surface area contributed by atoms with E-state index >= 15 is 0 Å². The molecule has 27 heavy (non-hydrogen) atoms. The van der Waals surface area contributed by atoms with E-state index < -0.39 is 36.1 Å². The van der Waals surface area contributed by atoms with Crippen LogP contribution in [0.2, 0.25) is 0 Å². The van der Waals surface area contributed by atoms with E-state index in [9.17, 15) is 29.6 Å². The summed E-state index contributed by atoms with van der Waals surface area (Å²) in [4.78, 5) is 13.7. The molecule has 1 amide bonds. The van der Waals surface area contributed by atoms with Crippen LogP contribution in [0.25, 0.3) is 0 Å². The molecule has 0 aromatic heterocycles. The van der Waals surface area contributed by atoms with Crippen LogP contribution in [0.1, 0.15) is 36.0 Å². The molecule has 0 unspecified atom stereocenters. The van der Waals surface area contributed by atoms with E-state index in [0.717, 1.165) is 25.7 Å². The number of carbonyl (C=O) groups excluding carboxylic acids is 1. The molecule has 0 radical (unpaired) electrons. The van der Waals surface area contributed by atoms with Crippen LogP contribution in [0.5, 0.6) is 0 Å². The number of hydrogen-bond donors (Lipinski definition) is 5. The summed E-state index contributed by atoms with van der Waals surface area (Å²) in [6, 6.07) is 5.27. The van der Waals surface area contributed by atoms with E-state index in [1.165, 1.54) is 18.2 Å². The maximum atomic E-state index is 13.5. The van der Waals surface area contributed by atoms with Gasteiger partial charge in [-0.3, -0.25) is 9.69 Å². The average Bonchev–Trinajstić information content (AvgIpc) is 2.65. The topological polar surface area (TPSA) is 113 Å². The molecule has 4 atom stereocenters. The number of aliphatic hydroxyl groups excluding tert-OH is 4. The number of carbonyl (C=O) groups is 1. The predicted molar refractivity (Wildman–Crippen MR) is 97.7 cm³/mol. The first-order valence-electron chi connectivity index (χ1n) is 9.37. The highest BCUT2D eigenvalue weighted by molar-refractivity contribution is 5.94. The van der Waals surface area contributed by atoms with Gasteiger partial charge in [-0.05, 0) is 31.5 Å². The van der Waals surface area contributed by atoms with Gasteiger partial charge in [-0.25, -0.2) is 4.39 Å². The Balaban J connectivity index is 1.62. The molecule has 0 saturated carbocycles. The summed E-state index contributed by atoms with van der Waals surface area (Å²) in [5, 5.41) is 41.5. The molecule has 1 aliphatic rings. The summed E-state index contributed by atoms with van der Waals surface area (Å²) in [5.41, 5.74) is 0.0388. The van der Waals surface area contributed by atoms with Crippen LogP contribution in [0, 0.1) is 5.82 Å². The van der Waals surface area contributed by atoms with E-state index in [1.807, 2.05) is 0 Å². The highest BCUT2D eigenvalue weighted by Gasteiger charge is 2.40. The number of β-amino-alcohol motifs (C(OH)–C–C–N with tert-alkyl or cyclic N) is 1. The van der Waals surface area contributed by atoms with E-state index in [2.05, 4.69) is 5.32 Å². The van der Waals surface area contributed by atoms with Crippen LogP contribution in [0.15, 0.2) is 24.3 Å². The van der Waals surface area contributed by atoms with Crippen LogP contribution in [-0.2, 0) is 0 Å². The standard InChI is InChI=1S/C19H29FN2O5/c20-14-8-4-3-7-13(14)19(27)21-9-5-1-2-6-10-22-11-16(24)18(26)17(25)15(22)12-23/h3-4,7-8,15-18,23-26H,1-2,5-6,9-12H2,(H,21,27)/t15-,16+,17-,18-/m1/s1. The lowest BCUT2D eigenvalue weighted by Crippen LogP contribution is -2.62. The Kier molecular flexibility index (Phi) is 8.59. The highest BCUT2D eigenvalue weighted by atomic mass is 19.1. The van der Waals surface area contributed by atoms with Gasteiger partial charge in [-0.15, -0.1) is 0 Å². The Bertz CT molecular complexity index is 603. The van der Waals surface area contributed by atoms with Crippen molar-refractivity contribution in [1.82, 2.24) is 10.2 Å². The van der Waals surface area contributed by atoms with E-state index in [-0.39, 0.29) is 18.7 Å². The fourth-order valence-corrected chi connectivity index (χ4v) is 3.37. The minimum absolute atomic E-state index is 0.0388. The molecule has 1 fully saturated rings. The molecule has 1 aromatic rings. The zero-order valence-electron chi connectivity index (χ0n) is 15.3. The van der Waals surface area contributed by atoms with Gasteiger partial charge in [0.05, 0.1) is 24.3 Å². The minimum atomic E-state index is -1.24. The van der Waals surface area contributed by atoms with Crippen LogP contribution >= 0.6 is 0 Å². The number of hydrogen-bond acceptors (Lipinski definition) is 6. The molecule has 1 saturated heterocycles. The van der Waals surface area contributed by atoms with Crippen molar-refractivity contribution in [3.8, 4) is 0 Å². The van der Waals surface area contributed by atoms with Crippen molar-refractivity contribution in [2.24, 2.45) is 0 Å². The second-order valence-corrected chi connectivity index (χ2v) is 6.94. The fraction of sp³-hybridized carbons (Fsp3) is 0.632. The molecular formula is C19H29FN2O5. The van der Waals surface area contributed by atoms with Gasteiger partial charge in [0.2, 0.25) is 0 Å². The second-order valence-electron chi connectivity index (χ2n) is 6.94. The number of nitrogens with zero attached hydrogens (tertiary/aromatic N) is 1. The molecule has 1 aromatic carbocycles. The summed E-state index contributed by atoms with van der Waals surface area (Å²) >= 11 is 0. The third-order valence-electron chi connectivity index (χ3n) is 4.99. The Morgan fingerprint density at radius 2 is 1.81 bits per heavy atom. The lowest BCUT2D eigenvalue weighted by molar-refractivity contribution is -0.145. The number of aliphatic hydroxyl groups is 4. The van der Waals surface area contributed by atoms with Crippen LogP contribution in [0.3, 0.4) is 0 Å². The van der Waals surface area contributed by atoms with Crippen LogP contribution in [-0.4, -0.2) is 81.8 Å². The normalized spacial score (nSPS) is 26.1. The Morgan fingerprint density at radius 1 is 1.11 bits per heavy atom. The number of halogens is 1.